The Morgan fingerprint density at radius 3 is 2.52 bits per heavy atom. The smallest absolute Gasteiger partial charge is 0.421 e. The minimum absolute atomic E-state index is 0.216. The predicted octanol–water partition coefficient (Wildman–Crippen LogP) is 3.18. The van der Waals surface area contributed by atoms with Crippen LogP contribution in [0.15, 0.2) is 6.20 Å². The van der Waals surface area contributed by atoms with Crippen molar-refractivity contribution in [2.24, 2.45) is 0 Å². The van der Waals surface area contributed by atoms with Crippen molar-refractivity contribution in [2.75, 3.05) is 18.4 Å². The van der Waals surface area contributed by atoms with Gasteiger partial charge in [-0.05, 0) is 32.4 Å². The number of rotatable bonds is 2. The Morgan fingerprint density at radius 2 is 2.00 bits per heavy atom. The first kappa shape index (κ1) is 17.6. The maximum atomic E-state index is 12.9. The Labute approximate surface area is 136 Å². The molecule has 0 radical (unpaired) electrons. The van der Waals surface area contributed by atoms with E-state index in [9.17, 15) is 18.0 Å². The molecule has 1 N–H and O–H groups in total. The topological polar surface area (TPSA) is 67.3 Å². The van der Waals surface area contributed by atoms with Crippen LogP contribution in [0.25, 0.3) is 0 Å². The number of nitrogens with zero attached hydrogens (tertiary/aromatic N) is 3. The van der Waals surface area contributed by atoms with E-state index >= 15 is 0 Å². The van der Waals surface area contributed by atoms with Crippen LogP contribution in [0.2, 0.25) is 5.28 Å². The van der Waals surface area contributed by atoms with E-state index < -0.39 is 29.3 Å². The fourth-order valence-electron chi connectivity index (χ4n) is 1.92. The summed E-state index contributed by atoms with van der Waals surface area (Å²) >= 11 is 5.55. The molecule has 1 aromatic rings. The van der Waals surface area contributed by atoms with Gasteiger partial charge in [-0.15, -0.1) is 0 Å². The number of aromatic nitrogens is 2. The summed E-state index contributed by atoms with van der Waals surface area (Å²) in [6.07, 6.45) is -4.48. The van der Waals surface area contributed by atoms with E-state index in [-0.39, 0.29) is 24.4 Å². The number of likely N-dealkylation sites (tertiary alicyclic amines) is 1. The van der Waals surface area contributed by atoms with Crippen LogP contribution in [0.1, 0.15) is 26.3 Å². The van der Waals surface area contributed by atoms with E-state index in [0.717, 1.165) is 0 Å². The molecule has 0 unspecified atom stereocenters. The van der Waals surface area contributed by atoms with Crippen LogP contribution in [0, 0.1) is 0 Å². The molecular weight excluding hydrogens is 337 g/mol. The van der Waals surface area contributed by atoms with Crippen LogP contribution in [0.3, 0.4) is 0 Å². The number of amides is 1. The average molecular weight is 353 g/mol. The van der Waals surface area contributed by atoms with Gasteiger partial charge in [0, 0.05) is 19.3 Å². The number of halogens is 4. The first-order chi connectivity index (χ1) is 10.5. The monoisotopic (exact) mass is 352 g/mol. The second-order valence-electron chi connectivity index (χ2n) is 6.13. The molecule has 128 valence electrons. The Morgan fingerprint density at radius 1 is 1.39 bits per heavy atom. The molecule has 0 bridgehead atoms. The predicted molar refractivity (Wildman–Crippen MR) is 77.3 cm³/mol. The summed E-state index contributed by atoms with van der Waals surface area (Å²) in [6, 6.07) is -0.366. The van der Waals surface area contributed by atoms with Crippen molar-refractivity contribution >= 4 is 23.5 Å². The van der Waals surface area contributed by atoms with Crippen molar-refractivity contribution in [1.29, 1.82) is 0 Å². The third-order valence-electron chi connectivity index (χ3n) is 2.94. The number of alkyl halides is 3. The molecule has 1 saturated heterocycles. The summed E-state index contributed by atoms with van der Waals surface area (Å²) in [6.45, 7) is 5.64. The highest BCUT2D eigenvalue weighted by atomic mass is 35.5. The molecule has 1 fully saturated rings. The molecule has 0 atom stereocenters. The first-order valence-electron chi connectivity index (χ1n) is 6.80. The minimum Gasteiger partial charge on any atom is -0.444 e. The zero-order chi connectivity index (χ0) is 17.4. The first-order valence-corrected chi connectivity index (χ1v) is 7.18. The summed E-state index contributed by atoms with van der Waals surface area (Å²) in [7, 11) is 0. The zero-order valence-corrected chi connectivity index (χ0v) is 13.5. The third kappa shape index (κ3) is 4.60. The van der Waals surface area contributed by atoms with E-state index in [1.807, 2.05) is 0 Å². The number of ether oxygens (including phenoxy) is 1. The van der Waals surface area contributed by atoms with Gasteiger partial charge in [0.25, 0.3) is 0 Å². The highest BCUT2D eigenvalue weighted by Crippen LogP contribution is 2.34. The lowest BCUT2D eigenvalue weighted by Gasteiger charge is -2.40. The molecule has 0 aliphatic carbocycles. The van der Waals surface area contributed by atoms with Gasteiger partial charge < -0.3 is 15.0 Å². The van der Waals surface area contributed by atoms with Gasteiger partial charge in [0.05, 0.1) is 6.04 Å². The van der Waals surface area contributed by atoms with E-state index in [2.05, 4.69) is 15.3 Å². The minimum atomic E-state index is -4.60. The van der Waals surface area contributed by atoms with Gasteiger partial charge in [0.15, 0.2) is 0 Å². The molecule has 0 saturated carbocycles. The Bertz CT molecular complexity index is 598. The van der Waals surface area contributed by atoms with Crippen molar-refractivity contribution in [3.63, 3.8) is 0 Å². The molecule has 1 amide bonds. The number of nitrogens with one attached hydrogen (secondary N) is 1. The standard InChI is InChI=1S/C13H16ClF3N4O2/c1-12(2,3)23-11(22)21-5-7(6-21)19-9-8(13(15,16)17)4-18-10(14)20-9/h4,7H,5-6H2,1-3H3,(H,18,19,20). The Balaban J connectivity index is 1.98. The van der Waals surface area contributed by atoms with Gasteiger partial charge in [-0.2, -0.15) is 13.2 Å². The Kier molecular flexibility index (Phi) is 4.61. The average Bonchev–Trinajstić information content (AvgIpc) is 2.29. The van der Waals surface area contributed by atoms with Crippen LogP contribution >= 0.6 is 11.6 Å². The van der Waals surface area contributed by atoms with Crippen LogP contribution in [-0.4, -0.2) is 45.7 Å². The van der Waals surface area contributed by atoms with E-state index in [0.29, 0.717) is 6.20 Å². The number of carbonyl (C=O) groups is 1. The van der Waals surface area contributed by atoms with Crippen LogP contribution < -0.4 is 5.32 Å². The molecule has 1 aliphatic heterocycles. The van der Waals surface area contributed by atoms with Gasteiger partial charge in [0.1, 0.15) is 17.0 Å². The highest BCUT2D eigenvalue weighted by molar-refractivity contribution is 6.28. The molecule has 1 aliphatic rings. The highest BCUT2D eigenvalue weighted by Gasteiger charge is 2.38. The zero-order valence-electron chi connectivity index (χ0n) is 12.7. The molecule has 23 heavy (non-hydrogen) atoms. The second kappa shape index (κ2) is 6.03. The van der Waals surface area contributed by atoms with E-state index in [4.69, 9.17) is 16.3 Å². The summed E-state index contributed by atoms with van der Waals surface area (Å²) in [4.78, 5) is 20.1. The SMILES string of the molecule is CC(C)(C)OC(=O)N1CC(Nc2nc(Cl)ncc2C(F)(F)F)C1. The quantitative estimate of drug-likeness (QED) is 0.828. The number of carbonyl (C=O) groups excluding carboxylic acids is 1. The van der Waals surface area contributed by atoms with Crippen molar-refractivity contribution in [1.82, 2.24) is 14.9 Å². The van der Waals surface area contributed by atoms with Crippen molar-refractivity contribution in [2.45, 2.75) is 38.6 Å². The van der Waals surface area contributed by atoms with Gasteiger partial charge in [0.2, 0.25) is 5.28 Å². The van der Waals surface area contributed by atoms with Crippen molar-refractivity contribution < 1.29 is 22.7 Å². The van der Waals surface area contributed by atoms with Gasteiger partial charge in [-0.1, -0.05) is 0 Å². The number of anilines is 1. The largest absolute Gasteiger partial charge is 0.444 e. The Hall–Kier alpha value is -1.77. The fourth-order valence-corrected chi connectivity index (χ4v) is 2.05. The van der Waals surface area contributed by atoms with Crippen LogP contribution in [0.4, 0.5) is 23.8 Å². The maximum Gasteiger partial charge on any atom is 0.421 e. The summed E-state index contributed by atoms with van der Waals surface area (Å²) < 4.78 is 43.9. The number of hydrogen-bond donors (Lipinski definition) is 1. The van der Waals surface area contributed by atoms with E-state index in [1.54, 1.807) is 20.8 Å². The van der Waals surface area contributed by atoms with Crippen molar-refractivity contribution in [3.8, 4) is 0 Å². The lowest BCUT2D eigenvalue weighted by Crippen LogP contribution is -2.58. The van der Waals surface area contributed by atoms with Gasteiger partial charge in [-0.25, -0.2) is 14.8 Å². The lowest BCUT2D eigenvalue weighted by atomic mass is 10.1. The van der Waals surface area contributed by atoms with Crippen LogP contribution in [0.5, 0.6) is 0 Å². The maximum absolute atomic E-state index is 12.9. The van der Waals surface area contributed by atoms with Gasteiger partial charge >= 0.3 is 12.3 Å². The van der Waals surface area contributed by atoms with E-state index in [1.165, 1.54) is 4.90 Å². The molecule has 0 aromatic carbocycles. The number of hydrogen-bond acceptors (Lipinski definition) is 5. The summed E-state index contributed by atoms with van der Waals surface area (Å²) in [5.74, 6) is -0.397. The molecule has 2 rings (SSSR count). The molecular formula is C13H16ClF3N4O2. The molecule has 0 spiro atoms. The third-order valence-corrected chi connectivity index (χ3v) is 3.12. The molecule has 1 aromatic heterocycles. The molecule has 10 heteroatoms. The summed E-state index contributed by atoms with van der Waals surface area (Å²) in [5.41, 5.74) is -1.63. The second-order valence-corrected chi connectivity index (χ2v) is 6.46. The summed E-state index contributed by atoms with van der Waals surface area (Å²) in [5, 5.41) is 2.35. The van der Waals surface area contributed by atoms with Crippen LogP contribution in [-0.2, 0) is 10.9 Å². The lowest BCUT2D eigenvalue weighted by molar-refractivity contribution is -0.137. The van der Waals surface area contributed by atoms with Gasteiger partial charge in [-0.3, -0.25) is 0 Å². The fraction of sp³-hybridized carbons (Fsp3) is 0.615. The molecule has 6 nitrogen and oxygen atoms in total. The van der Waals surface area contributed by atoms with Crippen molar-refractivity contribution in [3.05, 3.63) is 17.0 Å². The molecule has 2 heterocycles. The normalized spacial score (nSPS) is 16.0.